The molecule has 0 amide bonds. The van der Waals surface area contributed by atoms with Crippen molar-refractivity contribution < 1.29 is 0 Å². The molecule has 0 nitrogen and oxygen atoms in total. The first-order chi connectivity index (χ1) is 9.69. The fourth-order valence-corrected chi connectivity index (χ4v) is 3.05. The van der Waals surface area contributed by atoms with Gasteiger partial charge in [-0.05, 0) is 29.7 Å². The minimum Gasteiger partial charge on any atom is -0.0651 e. The monoisotopic (exact) mass is 274 g/mol. The van der Waals surface area contributed by atoms with Gasteiger partial charge in [0.25, 0.3) is 0 Å². The lowest BCUT2D eigenvalue weighted by Gasteiger charge is -2.26. The summed E-state index contributed by atoms with van der Waals surface area (Å²) in [4.78, 5) is 0. The van der Waals surface area contributed by atoms with E-state index in [1.54, 1.807) is 0 Å². The molecule has 0 aliphatic heterocycles. The van der Waals surface area contributed by atoms with Crippen LogP contribution >= 0.6 is 0 Å². The van der Waals surface area contributed by atoms with E-state index in [1.807, 2.05) is 0 Å². The average molecular weight is 274 g/mol. The number of rotatable bonds is 4. The molecule has 1 saturated carbocycles. The SMILES string of the molecule is CCC(C)C1CCCCC1.CCC(C)c1ccccc1. The number of hydrogen-bond acceptors (Lipinski definition) is 0. The third-order valence-corrected chi connectivity index (χ3v) is 5.08. The minimum atomic E-state index is 0.709. The predicted molar refractivity (Wildman–Crippen MR) is 91.2 cm³/mol. The molecule has 0 N–H and O–H groups in total. The summed E-state index contributed by atoms with van der Waals surface area (Å²) in [5, 5.41) is 0. The van der Waals surface area contributed by atoms with Crippen molar-refractivity contribution in [2.75, 3.05) is 0 Å². The van der Waals surface area contributed by atoms with Gasteiger partial charge in [-0.15, -0.1) is 0 Å². The molecule has 2 rings (SSSR count). The maximum atomic E-state index is 2.41. The molecule has 1 aromatic rings. The molecule has 0 aromatic heterocycles. The summed E-state index contributed by atoms with van der Waals surface area (Å²) >= 11 is 0. The fraction of sp³-hybridized carbons (Fsp3) is 0.700. The van der Waals surface area contributed by atoms with Crippen LogP contribution in [0.3, 0.4) is 0 Å². The zero-order chi connectivity index (χ0) is 14.8. The lowest BCUT2D eigenvalue weighted by Crippen LogP contribution is -2.14. The molecule has 2 atom stereocenters. The second-order valence-corrected chi connectivity index (χ2v) is 6.50. The molecule has 0 spiro atoms. The highest BCUT2D eigenvalue weighted by atomic mass is 14.2. The van der Waals surface area contributed by atoms with Gasteiger partial charge in [0.05, 0.1) is 0 Å². The molecule has 20 heavy (non-hydrogen) atoms. The smallest absolute Gasteiger partial charge is 0.0193 e. The zero-order valence-electron chi connectivity index (χ0n) is 14.1. The summed E-state index contributed by atoms with van der Waals surface area (Å²) in [7, 11) is 0. The van der Waals surface area contributed by atoms with E-state index in [2.05, 4.69) is 58.0 Å². The van der Waals surface area contributed by atoms with E-state index in [9.17, 15) is 0 Å². The van der Waals surface area contributed by atoms with Gasteiger partial charge in [-0.3, -0.25) is 0 Å². The van der Waals surface area contributed by atoms with Crippen molar-refractivity contribution >= 4 is 0 Å². The third kappa shape index (κ3) is 6.11. The van der Waals surface area contributed by atoms with Gasteiger partial charge in [-0.2, -0.15) is 0 Å². The van der Waals surface area contributed by atoms with Gasteiger partial charge in [-0.1, -0.05) is 96.6 Å². The van der Waals surface area contributed by atoms with E-state index in [4.69, 9.17) is 0 Å². The molecule has 0 radical (unpaired) electrons. The standard InChI is InChI=1S/C10H20.C10H14/c2*1-3-9(2)10-7-5-4-6-8-10/h9-10H,3-8H2,1-2H3;4-9H,3H2,1-2H3. The molecule has 1 aliphatic carbocycles. The Balaban J connectivity index is 0.000000200. The topological polar surface area (TPSA) is 0 Å². The molecule has 0 heterocycles. The van der Waals surface area contributed by atoms with Crippen LogP contribution in [0.2, 0.25) is 0 Å². The molecule has 0 bridgehead atoms. The number of hydrogen-bond donors (Lipinski definition) is 0. The summed E-state index contributed by atoms with van der Waals surface area (Å²) < 4.78 is 0. The van der Waals surface area contributed by atoms with E-state index in [1.165, 1.54) is 50.5 Å². The van der Waals surface area contributed by atoms with Gasteiger partial charge in [0.15, 0.2) is 0 Å². The van der Waals surface area contributed by atoms with Crippen LogP contribution in [0.5, 0.6) is 0 Å². The Morgan fingerprint density at radius 2 is 1.50 bits per heavy atom. The lowest BCUT2D eigenvalue weighted by atomic mass is 9.80. The second kappa shape index (κ2) is 10.0. The summed E-state index contributed by atoms with van der Waals surface area (Å²) in [6.07, 6.45) is 10.1. The van der Waals surface area contributed by atoms with E-state index >= 15 is 0 Å². The first-order valence-corrected chi connectivity index (χ1v) is 8.73. The van der Waals surface area contributed by atoms with Gasteiger partial charge in [0.2, 0.25) is 0 Å². The molecule has 114 valence electrons. The van der Waals surface area contributed by atoms with Crippen molar-refractivity contribution in [2.45, 2.75) is 78.6 Å². The molecular weight excluding hydrogens is 240 g/mol. The van der Waals surface area contributed by atoms with Gasteiger partial charge in [-0.25, -0.2) is 0 Å². The van der Waals surface area contributed by atoms with E-state index in [0.717, 1.165) is 11.8 Å². The van der Waals surface area contributed by atoms with Crippen molar-refractivity contribution in [2.24, 2.45) is 11.8 Å². The van der Waals surface area contributed by atoms with Crippen LogP contribution in [0.4, 0.5) is 0 Å². The zero-order valence-corrected chi connectivity index (χ0v) is 14.1. The maximum absolute atomic E-state index is 2.41. The molecular formula is C20H34. The van der Waals surface area contributed by atoms with Gasteiger partial charge >= 0.3 is 0 Å². The van der Waals surface area contributed by atoms with Crippen LogP contribution in [0, 0.1) is 11.8 Å². The van der Waals surface area contributed by atoms with Gasteiger partial charge in [0.1, 0.15) is 0 Å². The highest BCUT2D eigenvalue weighted by molar-refractivity contribution is 5.18. The Bertz CT molecular complexity index is 321. The van der Waals surface area contributed by atoms with Crippen LogP contribution in [-0.2, 0) is 0 Å². The van der Waals surface area contributed by atoms with Crippen molar-refractivity contribution in [1.29, 1.82) is 0 Å². The van der Waals surface area contributed by atoms with Gasteiger partial charge in [0, 0.05) is 0 Å². The predicted octanol–water partition coefficient (Wildman–Crippen LogP) is 6.81. The Labute approximate surface area is 127 Å². The quantitative estimate of drug-likeness (QED) is 0.565. The Morgan fingerprint density at radius 3 is 2.00 bits per heavy atom. The summed E-state index contributed by atoms with van der Waals surface area (Å²) in [5.74, 6) is 2.76. The van der Waals surface area contributed by atoms with Crippen molar-refractivity contribution in [1.82, 2.24) is 0 Å². The number of benzene rings is 1. The minimum absolute atomic E-state index is 0.709. The van der Waals surface area contributed by atoms with Crippen LogP contribution in [0.15, 0.2) is 30.3 Å². The van der Waals surface area contributed by atoms with Crippen molar-refractivity contribution in [3.8, 4) is 0 Å². The second-order valence-electron chi connectivity index (χ2n) is 6.50. The average Bonchev–Trinajstić information content (AvgIpc) is 2.55. The highest BCUT2D eigenvalue weighted by Gasteiger charge is 2.17. The van der Waals surface area contributed by atoms with Crippen LogP contribution < -0.4 is 0 Å². The molecule has 1 fully saturated rings. The van der Waals surface area contributed by atoms with Gasteiger partial charge < -0.3 is 0 Å². The largest absolute Gasteiger partial charge is 0.0651 e. The highest BCUT2D eigenvalue weighted by Crippen LogP contribution is 2.30. The van der Waals surface area contributed by atoms with E-state index in [0.29, 0.717) is 5.92 Å². The normalized spacial score (nSPS) is 18.8. The fourth-order valence-electron chi connectivity index (χ4n) is 3.05. The Kier molecular flexibility index (Phi) is 8.65. The molecule has 0 saturated heterocycles. The first-order valence-electron chi connectivity index (χ1n) is 8.73. The summed E-state index contributed by atoms with van der Waals surface area (Å²) in [6, 6.07) is 10.6. The molecule has 1 aromatic carbocycles. The van der Waals surface area contributed by atoms with Crippen molar-refractivity contribution in [3.63, 3.8) is 0 Å². The molecule has 0 heteroatoms. The summed E-state index contributed by atoms with van der Waals surface area (Å²) in [5.41, 5.74) is 1.45. The molecule has 2 unspecified atom stereocenters. The maximum Gasteiger partial charge on any atom is -0.0193 e. The van der Waals surface area contributed by atoms with Crippen LogP contribution in [0.1, 0.15) is 84.1 Å². The third-order valence-electron chi connectivity index (χ3n) is 5.08. The Morgan fingerprint density at radius 1 is 0.900 bits per heavy atom. The molecule has 1 aliphatic rings. The Hall–Kier alpha value is -0.780. The summed E-state index contributed by atoms with van der Waals surface area (Å²) in [6.45, 7) is 9.21. The van der Waals surface area contributed by atoms with E-state index in [-0.39, 0.29) is 0 Å². The van der Waals surface area contributed by atoms with Crippen LogP contribution in [0.25, 0.3) is 0 Å². The van der Waals surface area contributed by atoms with Crippen molar-refractivity contribution in [3.05, 3.63) is 35.9 Å². The lowest BCUT2D eigenvalue weighted by molar-refractivity contribution is 0.258. The first kappa shape index (κ1) is 17.3. The van der Waals surface area contributed by atoms with E-state index < -0.39 is 0 Å². The van der Waals surface area contributed by atoms with Crippen LogP contribution in [-0.4, -0.2) is 0 Å².